The molecule has 1 atom stereocenters. The maximum absolute atomic E-state index is 12.3. The third kappa shape index (κ3) is 3.33. The SMILES string of the molecule is CC(C)(Cc1ccccc1)C(=O)NC1CCNC1. The maximum atomic E-state index is 12.3. The fourth-order valence-electron chi connectivity index (χ4n) is 2.35. The van der Waals surface area contributed by atoms with Crippen LogP contribution in [0.1, 0.15) is 25.8 Å². The monoisotopic (exact) mass is 246 g/mol. The first-order chi connectivity index (χ1) is 8.58. The largest absolute Gasteiger partial charge is 0.352 e. The van der Waals surface area contributed by atoms with Crippen LogP contribution >= 0.6 is 0 Å². The van der Waals surface area contributed by atoms with E-state index in [1.807, 2.05) is 32.0 Å². The molecular formula is C15H22N2O. The van der Waals surface area contributed by atoms with Gasteiger partial charge in [0.15, 0.2) is 0 Å². The molecular weight excluding hydrogens is 224 g/mol. The highest BCUT2D eigenvalue weighted by atomic mass is 16.2. The van der Waals surface area contributed by atoms with Crippen LogP contribution in [-0.2, 0) is 11.2 Å². The van der Waals surface area contributed by atoms with E-state index in [2.05, 4.69) is 22.8 Å². The Morgan fingerprint density at radius 1 is 1.39 bits per heavy atom. The highest BCUT2D eigenvalue weighted by Gasteiger charge is 2.30. The van der Waals surface area contributed by atoms with Crippen LogP contribution in [0, 0.1) is 5.41 Å². The number of carbonyl (C=O) groups excluding carboxylic acids is 1. The highest BCUT2D eigenvalue weighted by molar-refractivity contribution is 5.82. The van der Waals surface area contributed by atoms with Crippen LogP contribution in [-0.4, -0.2) is 25.0 Å². The van der Waals surface area contributed by atoms with Crippen molar-refractivity contribution in [3.8, 4) is 0 Å². The van der Waals surface area contributed by atoms with Crippen molar-refractivity contribution in [1.82, 2.24) is 10.6 Å². The number of carbonyl (C=O) groups is 1. The average molecular weight is 246 g/mol. The predicted molar refractivity (Wildman–Crippen MR) is 73.3 cm³/mol. The van der Waals surface area contributed by atoms with E-state index in [1.165, 1.54) is 5.56 Å². The van der Waals surface area contributed by atoms with Gasteiger partial charge >= 0.3 is 0 Å². The standard InChI is InChI=1S/C15H22N2O/c1-15(2,10-12-6-4-3-5-7-12)14(18)17-13-8-9-16-11-13/h3-7,13,16H,8-11H2,1-2H3,(H,17,18). The lowest BCUT2D eigenvalue weighted by atomic mass is 9.84. The van der Waals surface area contributed by atoms with E-state index >= 15 is 0 Å². The van der Waals surface area contributed by atoms with E-state index in [0.717, 1.165) is 25.9 Å². The first-order valence-corrected chi connectivity index (χ1v) is 6.63. The Balaban J connectivity index is 1.94. The molecule has 0 radical (unpaired) electrons. The van der Waals surface area contributed by atoms with Gasteiger partial charge in [0.2, 0.25) is 5.91 Å². The van der Waals surface area contributed by atoms with Gasteiger partial charge in [-0.25, -0.2) is 0 Å². The highest BCUT2D eigenvalue weighted by Crippen LogP contribution is 2.22. The van der Waals surface area contributed by atoms with Crippen LogP contribution < -0.4 is 10.6 Å². The number of benzene rings is 1. The predicted octanol–water partition coefficient (Wildman–Crippen LogP) is 1.73. The Hall–Kier alpha value is -1.35. The molecule has 18 heavy (non-hydrogen) atoms. The molecule has 2 N–H and O–H groups in total. The van der Waals surface area contributed by atoms with Crippen LogP contribution in [0.2, 0.25) is 0 Å². The molecule has 1 saturated heterocycles. The van der Waals surface area contributed by atoms with E-state index in [4.69, 9.17) is 0 Å². The van der Waals surface area contributed by atoms with E-state index in [9.17, 15) is 4.79 Å². The molecule has 0 aliphatic carbocycles. The van der Waals surface area contributed by atoms with Crippen molar-refractivity contribution in [1.29, 1.82) is 0 Å². The van der Waals surface area contributed by atoms with E-state index in [1.54, 1.807) is 0 Å². The summed E-state index contributed by atoms with van der Waals surface area (Å²) in [5.74, 6) is 0.153. The van der Waals surface area contributed by atoms with Gasteiger partial charge in [-0.15, -0.1) is 0 Å². The Morgan fingerprint density at radius 2 is 2.11 bits per heavy atom. The van der Waals surface area contributed by atoms with E-state index < -0.39 is 0 Å². The van der Waals surface area contributed by atoms with Crippen molar-refractivity contribution in [2.45, 2.75) is 32.7 Å². The smallest absolute Gasteiger partial charge is 0.226 e. The van der Waals surface area contributed by atoms with Crippen LogP contribution in [0.25, 0.3) is 0 Å². The van der Waals surface area contributed by atoms with Gasteiger partial charge in [-0.05, 0) is 24.9 Å². The molecule has 2 rings (SSSR count). The molecule has 1 fully saturated rings. The molecule has 1 aliphatic rings. The van der Waals surface area contributed by atoms with Gasteiger partial charge < -0.3 is 10.6 Å². The third-order valence-electron chi connectivity index (χ3n) is 3.50. The Labute approximate surface area is 109 Å². The zero-order valence-corrected chi connectivity index (χ0v) is 11.2. The molecule has 1 aromatic carbocycles. The summed E-state index contributed by atoms with van der Waals surface area (Å²) in [4.78, 5) is 12.3. The number of amides is 1. The Kier molecular flexibility index (Phi) is 4.02. The second kappa shape index (κ2) is 5.53. The summed E-state index contributed by atoms with van der Waals surface area (Å²) < 4.78 is 0. The van der Waals surface area contributed by atoms with Crippen LogP contribution in [0.5, 0.6) is 0 Å². The minimum Gasteiger partial charge on any atom is -0.352 e. The molecule has 1 amide bonds. The van der Waals surface area contributed by atoms with E-state index in [-0.39, 0.29) is 11.3 Å². The molecule has 0 saturated carbocycles. The fourth-order valence-corrected chi connectivity index (χ4v) is 2.35. The molecule has 3 heteroatoms. The maximum Gasteiger partial charge on any atom is 0.226 e. The van der Waals surface area contributed by atoms with Gasteiger partial charge in [0, 0.05) is 18.0 Å². The molecule has 1 unspecified atom stereocenters. The van der Waals surface area contributed by atoms with Crippen LogP contribution in [0.3, 0.4) is 0 Å². The normalized spacial score (nSPS) is 19.8. The van der Waals surface area contributed by atoms with Crippen molar-refractivity contribution in [2.75, 3.05) is 13.1 Å². The van der Waals surface area contributed by atoms with Gasteiger partial charge in [0.05, 0.1) is 0 Å². The summed E-state index contributed by atoms with van der Waals surface area (Å²) in [5.41, 5.74) is 0.853. The molecule has 1 heterocycles. The molecule has 0 aromatic heterocycles. The Bertz CT molecular complexity index is 394. The number of rotatable bonds is 4. The van der Waals surface area contributed by atoms with E-state index in [0.29, 0.717) is 6.04 Å². The molecule has 1 aromatic rings. The first-order valence-electron chi connectivity index (χ1n) is 6.63. The van der Waals surface area contributed by atoms with Crippen molar-refractivity contribution in [3.63, 3.8) is 0 Å². The summed E-state index contributed by atoms with van der Waals surface area (Å²) in [6.45, 7) is 5.92. The second-order valence-electron chi connectivity index (χ2n) is 5.71. The van der Waals surface area contributed by atoms with Gasteiger partial charge in [-0.1, -0.05) is 44.2 Å². The van der Waals surface area contributed by atoms with Crippen molar-refractivity contribution < 1.29 is 4.79 Å². The topological polar surface area (TPSA) is 41.1 Å². The molecule has 0 bridgehead atoms. The molecule has 0 spiro atoms. The summed E-state index contributed by atoms with van der Waals surface area (Å²) >= 11 is 0. The van der Waals surface area contributed by atoms with Crippen LogP contribution in [0.15, 0.2) is 30.3 Å². The minimum absolute atomic E-state index is 0.153. The molecule has 3 nitrogen and oxygen atoms in total. The first kappa shape index (κ1) is 13.1. The molecule has 1 aliphatic heterocycles. The average Bonchev–Trinajstić information content (AvgIpc) is 2.82. The zero-order valence-electron chi connectivity index (χ0n) is 11.2. The van der Waals surface area contributed by atoms with Gasteiger partial charge in [-0.2, -0.15) is 0 Å². The zero-order chi connectivity index (χ0) is 13.0. The second-order valence-corrected chi connectivity index (χ2v) is 5.71. The number of nitrogens with one attached hydrogen (secondary N) is 2. The van der Waals surface area contributed by atoms with Gasteiger partial charge in [-0.3, -0.25) is 4.79 Å². The summed E-state index contributed by atoms with van der Waals surface area (Å²) in [6.07, 6.45) is 1.81. The Morgan fingerprint density at radius 3 is 2.72 bits per heavy atom. The number of hydrogen-bond acceptors (Lipinski definition) is 2. The van der Waals surface area contributed by atoms with Gasteiger partial charge in [0.1, 0.15) is 0 Å². The quantitative estimate of drug-likeness (QED) is 0.849. The van der Waals surface area contributed by atoms with Crippen molar-refractivity contribution in [2.24, 2.45) is 5.41 Å². The summed E-state index contributed by atoms with van der Waals surface area (Å²) in [7, 11) is 0. The number of hydrogen-bond donors (Lipinski definition) is 2. The summed E-state index contributed by atoms with van der Waals surface area (Å²) in [6, 6.07) is 10.5. The lowest BCUT2D eigenvalue weighted by Crippen LogP contribution is -2.44. The lowest BCUT2D eigenvalue weighted by molar-refractivity contribution is -0.129. The van der Waals surface area contributed by atoms with Crippen molar-refractivity contribution >= 4 is 5.91 Å². The minimum atomic E-state index is -0.357. The fraction of sp³-hybridized carbons (Fsp3) is 0.533. The van der Waals surface area contributed by atoms with Crippen LogP contribution in [0.4, 0.5) is 0 Å². The lowest BCUT2D eigenvalue weighted by Gasteiger charge is -2.25. The summed E-state index contributed by atoms with van der Waals surface area (Å²) in [5, 5.41) is 6.40. The third-order valence-corrected chi connectivity index (χ3v) is 3.50. The molecule has 98 valence electrons. The van der Waals surface area contributed by atoms with Gasteiger partial charge in [0.25, 0.3) is 0 Å². The van der Waals surface area contributed by atoms with Crippen molar-refractivity contribution in [3.05, 3.63) is 35.9 Å².